The number of carboxylic acids is 1. The molecule has 0 aromatic heterocycles. The first-order valence-corrected chi connectivity index (χ1v) is 4.97. The fourth-order valence-corrected chi connectivity index (χ4v) is 1.28. The van der Waals surface area contributed by atoms with E-state index in [2.05, 4.69) is 10.3 Å². The normalized spacial score (nSPS) is 20.9. The fourth-order valence-electron chi connectivity index (χ4n) is 1.28. The van der Waals surface area contributed by atoms with Crippen molar-refractivity contribution in [3.63, 3.8) is 0 Å². The number of carboxylic acid groups (broad SMARTS) is 1. The quantitative estimate of drug-likeness (QED) is 0.590. The zero-order chi connectivity index (χ0) is 11.4. The molecule has 0 saturated carbocycles. The van der Waals surface area contributed by atoms with E-state index in [9.17, 15) is 9.59 Å². The van der Waals surface area contributed by atoms with Gasteiger partial charge in [-0.1, -0.05) is 0 Å². The first-order chi connectivity index (χ1) is 7.00. The molecule has 0 aromatic carbocycles. The van der Waals surface area contributed by atoms with Gasteiger partial charge in [0.05, 0.1) is 0 Å². The first kappa shape index (κ1) is 11.9. The van der Waals surface area contributed by atoms with Crippen molar-refractivity contribution >= 4 is 11.9 Å². The molecule has 1 atom stereocenters. The van der Waals surface area contributed by atoms with E-state index in [1.54, 1.807) is 5.01 Å². The summed E-state index contributed by atoms with van der Waals surface area (Å²) in [6.45, 7) is 4.60. The average Bonchev–Trinajstić information content (AvgIpc) is 2.20. The lowest BCUT2D eigenvalue weighted by Gasteiger charge is -2.32. The largest absolute Gasteiger partial charge is 0.481 e. The lowest BCUT2D eigenvalue weighted by atomic mass is 10.2. The predicted molar refractivity (Wildman–Crippen MR) is 54.0 cm³/mol. The molecule has 15 heavy (non-hydrogen) atoms. The van der Waals surface area contributed by atoms with Gasteiger partial charge in [0.15, 0.2) is 0 Å². The molecule has 6 nitrogen and oxygen atoms in total. The molecule has 1 rings (SSSR count). The third-order valence-corrected chi connectivity index (χ3v) is 2.54. The zero-order valence-electron chi connectivity index (χ0n) is 9.06. The van der Waals surface area contributed by atoms with Crippen molar-refractivity contribution < 1.29 is 14.7 Å². The van der Waals surface area contributed by atoms with E-state index in [1.165, 1.54) is 6.92 Å². The van der Waals surface area contributed by atoms with Gasteiger partial charge >= 0.3 is 5.97 Å². The van der Waals surface area contributed by atoms with Crippen molar-refractivity contribution in [3.05, 3.63) is 0 Å². The molecule has 0 bridgehead atoms. The van der Waals surface area contributed by atoms with Crippen LogP contribution in [0.1, 0.15) is 6.92 Å². The maximum absolute atomic E-state index is 11.4. The van der Waals surface area contributed by atoms with Crippen LogP contribution in [-0.4, -0.2) is 60.1 Å². The number of hydrazine groups is 1. The van der Waals surface area contributed by atoms with Gasteiger partial charge in [0.2, 0.25) is 5.91 Å². The predicted octanol–water partition coefficient (Wildman–Crippen LogP) is -1.01. The second-order valence-corrected chi connectivity index (χ2v) is 3.83. The van der Waals surface area contributed by atoms with Crippen LogP contribution >= 0.6 is 0 Å². The van der Waals surface area contributed by atoms with Gasteiger partial charge in [-0.25, -0.2) is 5.01 Å². The highest BCUT2D eigenvalue weighted by Gasteiger charge is 2.23. The Morgan fingerprint density at radius 3 is 2.27 bits per heavy atom. The second kappa shape index (κ2) is 5.09. The van der Waals surface area contributed by atoms with Gasteiger partial charge in [-0.05, 0) is 14.0 Å². The molecule has 1 fully saturated rings. The molecule has 1 aliphatic heterocycles. The van der Waals surface area contributed by atoms with Crippen molar-refractivity contribution in [3.8, 4) is 0 Å². The van der Waals surface area contributed by atoms with Crippen LogP contribution in [0.2, 0.25) is 0 Å². The first-order valence-electron chi connectivity index (χ1n) is 4.97. The summed E-state index contributed by atoms with van der Waals surface area (Å²) in [5.74, 6) is -2.54. The third-order valence-electron chi connectivity index (χ3n) is 2.54. The smallest absolute Gasteiger partial charge is 0.315 e. The van der Waals surface area contributed by atoms with Gasteiger partial charge < -0.3 is 10.0 Å². The summed E-state index contributed by atoms with van der Waals surface area (Å²) in [4.78, 5) is 24.1. The summed E-state index contributed by atoms with van der Waals surface area (Å²) in [6, 6.07) is 0. The Morgan fingerprint density at radius 1 is 1.27 bits per heavy atom. The zero-order valence-corrected chi connectivity index (χ0v) is 9.06. The summed E-state index contributed by atoms with van der Waals surface area (Å²) < 4.78 is 0. The Hall–Kier alpha value is -1.14. The number of nitrogens with one attached hydrogen (secondary N) is 1. The number of carbonyl (C=O) groups excluding carboxylic acids is 1. The van der Waals surface area contributed by atoms with Crippen LogP contribution in [0.4, 0.5) is 0 Å². The SMILES string of the molecule is CC(C(=O)O)C(=O)NN1CCN(C)CC1. The number of hydrogen-bond donors (Lipinski definition) is 2. The van der Waals surface area contributed by atoms with E-state index in [1.807, 2.05) is 7.05 Å². The molecular weight excluding hydrogens is 198 g/mol. The van der Waals surface area contributed by atoms with Gasteiger partial charge in [0, 0.05) is 26.2 Å². The number of piperazine rings is 1. The van der Waals surface area contributed by atoms with Gasteiger partial charge in [-0.3, -0.25) is 15.0 Å². The number of rotatable bonds is 3. The summed E-state index contributed by atoms with van der Waals surface area (Å²) >= 11 is 0. The summed E-state index contributed by atoms with van der Waals surface area (Å²) in [7, 11) is 2.01. The Balaban J connectivity index is 2.35. The molecular formula is C9H17N3O3. The second-order valence-electron chi connectivity index (χ2n) is 3.83. The van der Waals surface area contributed by atoms with Crippen molar-refractivity contribution in [1.29, 1.82) is 0 Å². The van der Waals surface area contributed by atoms with E-state index in [-0.39, 0.29) is 0 Å². The van der Waals surface area contributed by atoms with Gasteiger partial charge in [-0.15, -0.1) is 0 Å². The van der Waals surface area contributed by atoms with E-state index in [0.29, 0.717) is 0 Å². The molecule has 86 valence electrons. The molecule has 0 radical (unpaired) electrons. The molecule has 1 heterocycles. The Bertz CT molecular complexity index is 249. The lowest BCUT2D eigenvalue weighted by Crippen LogP contribution is -2.54. The Morgan fingerprint density at radius 2 is 1.80 bits per heavy atom. The topological polar surface area (TPSA) is 72.9 Å². The van der Waals surface area contributed by atoms with Crippen molar-refractivity contribution in [2.75, 3.05) is 33.2 Å². The number of aliphatic carboxylic acids is 1. The fraction of sp³-hybridized carbons (Fsp3) is 0.778. The van der Waals surface area contributed by atoms with Crippen LogP contribution in [0.5, 0.6) is 0 Å². The maximum Gasteiger partial charge on any atom is 0.315 e. The number of likely N-dealkylation sites (N-methyl/N-ethyl adjacent to an activating group) is 1. The molecule has 0 spiro atoms. The van der Waals surface area contributed by atoms with Crippen LogP contribution in [0.15, 0.2) is 0 Å². The van der Waals surface area contributed by atoms with Crippen molar-refractivity contribution in [1.82, 2.24) is 15.3 Å². The number of amides is 1. The van der Waals surface area contributed by atoms with Crippen molar-refractivity contribution in [2.24, 2.45) is 5.92 Å². The molecule has 0 aromatic rings. The Labute approximate surface area is 88.8 Å². The van der Waals surface area contributed by atoms with Crippen LogP contribution in [0.3, 0.4) is 0 Å². The minimum Gasteiger partial charge on any atom is -0.481 e. The summed E-state index contributed by atoms with van der Waals surface area (Å²) in [5, 5.41) is 10.4. The van der Waals surface area contributed by atoms with Crippen LogP contribution in [0, 0.1) is 5.92 Å². The molecule has 1 amide bonds. The van der Waals surface area contributed by atoms with E-state index >= 15 is 0 Å². The van der Waals surface area contributed by atoms with Crippen LogP contribution in [0.25, 0.3) is 0 Å². The van der Waals surface area contributed by atoms with Crippen LogP contribution < -0.4 is 5.43 Å². The Kier molecular flexibility index (Phi) is 4.05. The van der Waals surface area contributed by atoms with Gasteiger partial charge in [0.1, 0.15) is 5.92 Å². The summed E-state index contributed by atoms with van der Waals surface area (Å²) in [6.07, 6.45) is 0. The van der Waals surface area contributed by atoms with Crippen LogP contribution in [-0.2, 0) is 9.59 Å². The highest BCUT2D eigenvalue weighted by Crippen LogP contribution is 1.99. The average molecular weight is 215 g/mol. The van der Waals surface area contributed by atoms with Gasteiger partial charge in [-0.2, -0.15) is 0 Å². The number of nitrogens with zero attached hydrogens (tertiary/aromatic N) is 2. The lowest BCUT2D eigenvalue weighted by molar-refractivity contribution is -0.148. The maximum atomic E-state index is 11.4. The van der Waals surface area contributed by atoms with Crippen molar-refractivity contribution in [2.45, 2.75) is 6.92 Å². The number of carbonyl (C=O) groups is 2. The number of hydrogen-bond acceptors (Lipinski definition) is 4. The van der Waals surface area contributed by atoms with E-state index in [0.717, 1.165) is 26.2 Å². The molecule has 0 aliphatic carbocycles. The van der Waals surface area contributed by atoms with E-state index < -0.39 is 17.8 Å². The highest BCUT2D eigenvalue weighted by atomic mass is 16.4. The molecule has 1 saturated heterocycles. The minimum absolute atomic E-state index is 0.452. The van der Waals surface area contributed by atoms with Gasteiger partial charge in [0.25, 0.3) is 0 Å². The highest BCUT2D eigenvalue weighted by molar-refractivity contribution is 5.96. The monoisotopic (exact) mass is 215 g/mol. The van der Waals surface area contributed by atoms with E-state index in [4.69, 9.17) is 5.11 Å². The standard InChI is InChI=1S/C9H17N3O3/c1-7(9(14)15)8(13)10-12-5-3-11(2)4-6-12/h7H,3-6H2,1-2H3,(H,10,13)(H,14,15). The third kappa shape index (κ3) is 3.49. The minimum atomic E-state index is -1.10. The molecule has 1 aliphatic rings. The summed E-state index contributed by atoms with van der Waals surface area (Å²) in [5.41, 5.74) is 2.61. The molecule has 1 unspecified atom stereocenters. The molecule has 6 heteroatoms. The molecule has 2 N–H and O–H groups in total.